The second-order valence-corrected chi connectivity index (χ2v) is 7.71. The quantitative estimate of drug-likeness (QED) is 0.442. The molecule has 0 saturated carbocycles. The third-order valence-corrected chi connectivity index (χ3v) is 6.10. The maximum atomic E-state index is 4.66. The molecule has 5 aromatic heterocycles. The van der Waals surface area contributed by atoms with Crippen molar-refractivity contribution in [2.24, 2.45) is 0 Å². The van der Waals surface area contributed by atoms with Gasteiger partial charge >= 0.3 is 0 Å². The molecular formula is C18H15N5S2. The standard InChI is InChI=1S/C18H15N5S2/c1-2-16-20-21-18(14-9-15-13(23(14)16)6-8-24-15)25-11-12-10-22-7-4-3-5-17(22)19-12/h3-10H,2,11H2,1H3. The predicted octanol–water partition coefficient (Wildman–Crippen LogP) is 4.45. The number of thiophene rings is 1. The van der Waals surface area contributed by atoms with Crippen LogP contribution in [0.15, 0.2) is 53.1 Å². The van der Waals surface area contributed by atoms with Crippen molar-refractivity contribution < 1.29 is 0 Å². The first kappa shape index (κ1) is 14.9. The molecule has 0 radical (unpaired) electrons. The molecule has 0 spiro atoms. The van der Waals surface area contributed by atoms with Crippen molar-refractivity contribution in [3.05, 3.63) is 59.6 Å². The number of aromatic nitrogens is 5. The third-order valence-electron chi connectivity index (χ3n) is 4.24. The summed E-state index contributed by atoms with van der Waals surface area (Å²) in [5, 5.41) is 12.0. The first-order valence-corrected chi connectivity index (χ1v) is 9.99. The van der Waals surface area contributed by atoms with Gasteiger partial charge in [0.05, 0.1) is 21.4 Å². The highest BCUT2D eigenvalue weighted by Gasteiger charge is 2.14. The van der Waals surface area contributed by atoms with Gasteiger partial charge in [-0.15, -0.1) is 21.5 Å². The molecule has 0 amide bonds. The van der Waals surface area contributed by atoms with E-state index in [0.717, 1.165) is 39.9 Å². The number of nitrogens with zero attached hydrogens (tertiary/aromatic N) is 5. The number of thioether (sulfide) groups is 1. The van der Waals surface area contributed by atoms with Gasteiger partial charge < -0.3 is 4.40 Å². The van der Waals surface area contributed by atoms with Gasteiger partial charge in [0.25, 0.3) is 0 Å². The van der Waals surface area contributed by atoms with E-state index >= 15 is 0 Å². The number of aryl methyl sites for hydroxylation is 1. The van der Waals surface area contributed by atoms with Crippen LogP contribution in [0.3, 0.4) is 0 Å². The van der Waals surface area contributed by atoms with Crippen molar-refractivity contribution in [3.63, 3.8) is 0 Å². The molecule has 0 unspecified atom stereocenters. The summed E-state index contributed by atoms with van der Waals surface area (Å²) in [6.07, 6.45) is 4.95. The molecule has 5 heterocycles. The highest BCUT2D eigenvalue weighted by Crippen LogP contribution is 2.32. The van der Waals surface area contributed by atoms with Gasteiger partial charge in [-0.05, 0) is 29.6 Å². The zero-order chi connectivity index (χ0) is 16.8. The topological polar surface area (TPSA) is 47.5 Å². The zero-order valence-electron chi connectivity index (χ0n) is 13.6. The zero-order valence-corrected chi connectivity index (χ0v) is 15.2. The van der Waals surface area contributed by atoms with Crippen LogP contribution in [0, 0.1) is 0 Å². The van der Waals surface area contributed by atoms with Crippen molar-refractivity contribution in [1.29, 1.82) is 0 Å². The lowest BCUT2D eigenvalue weighted by atomic mass is 10.4. The van der Waals surface area contributed by atoms with E-state index in [1.165, 1.54) is 10.2 Å². The fraction of sp³-hybridized carbons (Fsp3) is 0.167. The Balaban J connectivity index is 1.54. The molecule has 0 N–H and O–H groups in total. The highest BCUT2D eigenvalue weighted by atomic mass is 32.2. The first-order chi connectivity index (χ1) is 12.3. The van der Waals surface area contributed by atoms with E-state index in [1.807, 2.05) is 28.8 Å². The van der Waals surface area contributed by atoms with Crippen molar-refractivity contribution >= 4 is 44.5 Å². The Labute approximate surface area is 152 Å². The minimum Gasteiger partial charge on any atom is -0.307 e. The fourth-order valence-electron chi connectivity index (χ4n) is 3.09. The normalized spacial score (nSPS) is 11.9. The summed E-state index contributed by atoms with van der Waals surface area (Å²) >= 11 is 3.45. The fourth-order valence-corrected chi connectivity index (χ4v) is 4.71. The van der Waals surface area contributed by atoms with Gasteiger partial charge in [0.15, 0.2) is 0 Å². The van der Waals surface area contributed by atoms with E-state index in [0.29, 0.717) is 0 Å². The Morgan fingerprint density at radius 3 is 3.00 bits per heavy atom. The summed E-state index contributed by atoms with van der Waals surface area (Å²) in [5.74, 6) is 1.77. The first-order valence-electron chi connectivity index (χ1n) is 8.13. The number of pyridine rings is 1. The van der Waals surface area contributed by atoms with E-state index in [-0.39, 0.29) is 0 Å². The van der Waals surface area contributed by atoms with Crippen molar-refractivity contribution in [2.75, 3.05) is 0 Å². The maximum Gasteiger partial charge on any atom is 0.143 e. The Bertz CT molecular complexity index is 1170. The molecule has 0 bridgehead atoms. The second-order valence-electron chi connectivity index (χ2n) is 5.80. The SMILES string of the molecule is CCc1nnc(SCc2cn3ccccc3n2)c2cc3sccc3n12. The summed E-state index contributed by atoms with van der Waals surface area (Å²) in [4.78, 5) is 4.66. The summed E-state index contributed by atoms with van der Waals surface area (Å²) in [6, 6.07) is 10.4. The molecule has 0 saturated heterocycles. The van der Waals surface area contributed by atoms with Crippen LogP contribution in [0.1, 0.15) is 18.4 Å². The number of hydrogen-bond acceptors (Lipinski definition) is 5. The van der Waals surface area contributed by atoms with Crippen LogP contribution in [0.5, 0.6) is 0 Å². The third kappa shape index (κ3) is 2.42. The van der Waals surface area contributed by atoms with Crippen molar-refractivity contribution in [3.8, 4) is 0 Å². The lowest BCUT2D eigenvalue weighted by Gasteiger charge is -2.06. The highest BCUT2D eigenvalue weighted by molar-refractivity contribution is 7.98. The van der Waals surface area contributed by atoms with Crippen LogP contribution in [0.25, 0.3) is 21.4 Å². The molecule has 0 fully saturated rings. The summed E-state index contributed by atoms with van der Waals surface area (Å²) in [5.41, 5.74) is 4.38. The average Bonchev–Trinajstić information content (AvgIpc) is 3.33. The lowest BCUT2D eigenvalue weighted by molar-refractivity contribution is 0.793. The van der Waals surface area contributed by atoms with Crippen LogP contribution in [-0.2, 0) is 12.2 Å². The Hall–Kier alpha value is -2.38. The smallest absolute Gasteiger partial charge is 0.143 e. The average molecular weight is 365 g/mol. The summed E-state index contributed by atoms with van der Waals surface area (Å²) in [7, 11) is 0. The predicted molar refractivity (Wildman–Crippen MR) is 103 cm³/mol. The molecule has 5 nitrogen and oxygen atoms in total. The largest absolute Gasteiger partial charge is 0.307 e. The molecule has 25 heavy (non-hydrogen) atoms. The number of fused-ring (bicyclic) bond motifs is 4. The molecule has 0 aliphatic heterocycles. The van der Waals surface area contributed by atoms with Gasteiger partial charge in [0, 0.05) is 24.6 Å². The Kier molecular flexibility index (Phi) is 3.50. The number of rotatable bonds is 4. The molecule has 0 atom stereocenters. The van der Waals surface area contributed by atoms with Crippen LogP contribution in [0.2, 0.25) is 0 Å². The molecule has 0 aliphatic rings. The van der Waals surface area contributed by atoms with E-state index in [9.17, 15) is 0 Å². The van der Waals surface area contributed by atoms with E-state index in [4.69, 9.17) is 0 Å². The minimum atomic E-state index is 0.774. The monoisotopic (exact) mass is 365 g/mol. The second kappa shape index (κ2) is 5.86. The van der Waals surface area contributed by atoms with Gasteiger partial charge in [-0.2, -0.15) is 0 Å². The molecule has 124 valence electrons. The van der Waals surface area contributed by atoms with Crippen LogP contribution in [0.4, 0.5) is 0 Å². The van der Waals surface area contributed by atoms with Gasteiger partial charge in [0.1, 0.15) is 16.5 Å². The van der Waals surface area contributed by atoms with Gasteiger partial charge in [-0.3, -0.25) is 4.40 Å². The molecular weight excluding hydrogens is 350 g/mol. The van der Waals surface area contributed by atoms with Crippen molar-refractivity contribution in [1.82, 2.24) is 24.0 Å². The van der Waals surface area contributed by atoms with Gasteiger partial charge in [-0.1, -0.05) is 24.8 Å². The van der Waals surface area contributed by atoms with E-state index in [1.54, 1.807) is 23.1 Å². The minimum absolute atomic E-state index is 0.774. The van der Waals surface area contributed by atoms with Crippen molar-refractivity contribution in [2.45, 2.75) is 24.1 Å². The summed E-state index contributed by atoms with van der Waals surface area (Å²) < 4.78 is 5.56. The van der Waals surface area contributed by atoms with Crippen LogP contribution < -0.4 is 0 Å². The molecule has 0 aromatic carbocycles. The van der Waals surface area contributed by atoms with E-state index in [2.05, 4.69) is 50.2 Å². The number of imidazole rings is 1. The summed E-state index contributed by atoms with van der Waals surface area (Å²) in [6.45, 7) is 2.12. The Morgan fingerprint density at radius 2 is 2.12 bits per heavy atom. The van der Waals surface area contributed by atoms with Gasteiger partial charge in [-0.25, -0.2) is 4.98 Å². The van der Waals surface area contributed by atoms with Gasteiger partial charge in [0.2, 0.25) is 0 Å². The maximum absolute atomic E-state index is 4.66. The Morgan fingerprint density at radius 1 is 1.16 bits per heavy atom. The molecule has 7 heteroatoms. The lowest BCUT2D eigenvalue weighted by Crippen LogP contribution is -2.03. The number of hydrogen-bond donors (Lipinski definition) is 0. The molecule has 5 rings (SSSR count). The van der Waals surface area contributed by atoms with Crippen LogP contribution in [-0.4, -0.2) is 24.0 Å². The molecule has 5 aromatic rings. The molecule has 0 aliphatic carbocycles. The van der Waals surface area contributed by atoms with E-state index < -0.39 is 0 Å². The van der Waals surface area contributed by atoms with Crippen LogP contribution >= 0.6 is 23.1 Å².